The molecule has 2 aliphatic rings. The van der Waals surface area contributed by atoms with Crippen LogP contribution in [0.25, 0.3) is 0 Å². The number of amides is 1. The Morgan fingerprint density at radius 3 is 2.49 bits per heavy atom. The predicted molar refractivity (Wildman–Crippen MR) is 173 cm³/mol. The Hall–Kier alpha value is -4.63. The second-order valence-corrected chi connectivity index (χ2v) is 14.4. The zero-order chi connectivity index (χ0) is 31.9. The smallest absolute Gasteiger partial charge is 0.232 e. The first kappa shape index (κ1) is 30.4. The van der Waals surface area contributed by atoms with Crippen molar-refractivity contribution < 1.29 is 27.4 Å². The van der Waals surface area contributed by atoms with Gasteiger partial charge >= 0.3 is 0 Å². The third-order valence-electron chi connectivity index (χ3n) is 8.32. The Bertz CT molecular complexity index is 1920. The summed E-state index contributed by atoms with van der Waals surface area (Å²) in [7, 11) is -4.02. The summed E-state index contributed by atoms with van der Waals surface area (Å²) in [5.41, 5.74) is 2.70. The number of phenolic OH excluding ortho intramolecular Hbond substituents is 1. The normalized spacial score (nSPS) is 18.3. The highest BCUT2D eigenvalue weighted by molar-refractivity contribution is 7.95. The average molecular weight is 627 g/mol. The summed E-state index contributed by atoms with van der Waals surface area (Å²) in [6.07, 6.45) is 0.248. The number of fused-ring (bicyclic) bond motifs is 1. The number of sulfone groups is 1. The van der Waals surface area contributed by atoms with Crippen molar-refractivity contribution in [3.8, 4) is 11.5 Å². The number of hydrogen-bond acceptors (Lipinski definition) is 6. The number of hydrogen-bond donors (Lipinski definition) is 2. The molecule has 4 aromatic rings. The van der Waals surface area contributed by atoms with Gasteiger partial charge in [0.1, 0.15) is 35.7 Å². The van der Waals surface area contributed by atoms with E-state index in [1.54, 1.807) is 18.2 Å². The van der Waals surface area contributed by atoms with Crippen molar-refractivity contribution in [3.63, 3.8) is 0 Å². The number of carbonyl (C=O) groups excluding carboxylic acids is 1. The van der Waals surface area contributed by atoms with Gasteiger partial charge in [-0.15, -0.1) is 0 Å². The number of carbonyl (C=O) groups is 1. The van der Waals surface area contributed by atoms with Gasteiger partial charge in [0.2, 0.25) is 5.91 Å². The topological polar surface area (TPSA) is 95.9 Å². The van der Waals surface area contributed by atoms with Crippen molar-refractivity contribution in [1.82, 2.24) is 0 Å². The molecule has 232 valence electrons. The molecule has 0 saturated heterocycles. The molecule has 0 aromatic heterocycles. The van der Waals surface area contributed by atoms with E-state index in [4.69, 9.17) is 4.74 Å². The Morgan fingerprint density at radius 1 is 1.02 bits per heavy atom. The van der Waals surface area contributed by atoms with Gasteiger partial charge in [-0.3, -0.25) is 9.69 Å². The number of phenols is 1. The average Bonchev–Trinajstić information content (AvgIpc) is 3.12. The highest BCUT2D eigenvalue weighted by Crippen LogP contribution is 2.51. The fraction of sp³-hybridized carbons (Fsp3) is 0.250. The predicted octanol–water partition coefficient (Wildman–Crippen LogP) is 7.22. The standard InChI is InChI=1S/C36H35FN2O5S/c1-23-10-7-8-13-25(23)18-32(41)39-30-14-9-15-31(40)33(30)38-29-20-36(2,3)22-45(42,43)35(29)34(39)27-17-16-26(19-28(27)37)44-21-24-11-5-4-6-12-24/h4-17,19,34,38,40H,18,20-22H2,1-3H3. The first-order chi connectivity index (χ1) is 21.4. The third-order valence-corrected chi connectivity index (χ3v) is 10.6. The van der Waals surface area contributed by atoms with E-state index >= 15 is 4.39 Å². The second-order valence-electron chi connectivity index (χ2n) is 12.5. The Kier molecular flexibility index (Phi) is 7.91. The number of aryl methyl sites for hydroxylation is 1. The minimum atomic E-state index is -4.02. The van der Waals surface area contributed by atoms with Crippen LogP contribution >= 0.6 is 0 Å². The van der Waals surface area contributed by atoms with Crippen molar-refractivity contribution in [2.24, 2.45) is 5.41 Å². The maximum atomic E-state index is 16.3. The first-order valence-corrected chi connectivity index (χ1v) is 16.5. The highest BCUT2D eigenvalue weighted by atomic mass is 32.2. The molecule has 0 spiro atoms. The van der Waals surface area contributed by atoms with E-state index in [0.29, 0.717) is 12.1 Å². The summed E-state index contributed by atoms with van der Waals surface area (Å²) < 4.78 is 50.5. The van der Waals surface area contributed by atoms with Crippen molar-refractivity contribution >= 4 is 27.1 Å². The Balaban J connectivity index is 1.53. The molecule has 0 bridgehead atoms. The number of ether oxygens (including phenoxy) is 1. The van der Waals surface area contributed by atoms with Gasteiger partial charge in [0.25, 0.3) is 0 Å². The van der Waals surface area contributed by atoms with Gasteiger partial charge in [0.05, 0.1) is 22.8 Å². The molecule has 2 aliphatic heterocycles. The molecule has 2 heterocycles. The number of nitrogens with zero attached hydrogens (tertiary/aromatic N) is 1. The molecule has 9 heteroatoms. The van der Waals surface area contributed by atoms with Gasteiger partial charge in [-0.25, -0.2) is 12.8 Å². The highest BCUT2D eigenvalue weighted by Gasteiger charge is 2.47. The van der Waals surface area contributed by atoms with Gasteiger partial charge in [0, 0.05) is 17.3 Å². The van der Waals surface area contributed by atoms with E-state index in [9.17, 15) is 18.3 Å². The molecule has 0 fully saturated rings. The molecule has 1 unspecified atom stereocenters. The fourth-order valence-corrected chi connectivity index (χ4v) is 8.63. The van der Waals surface area contributed by atoms with Gasteiger partial charge in [0.15, 0.2) is 9.84 Å². The lowest BCUT2D eigenvalue weighted by Crippen LogP contribution is -2.42. The maximum absolute atomic E-state index is 16.3. The Labute approximate surface area is 262 Å². The van der Waals surface area contributed by atoms with Crippen molar-refractivity contribution in [3.05, 3.63) is 130 Å². The van der Waals surface area contributed by atoms with Crippen LogP contribution in [0.3, 0.4) is 0 Å². The first-order valence-electron chi connectivity index (χ1n) is 14.8. The van der Waals surface area contributed by atoms with Gasteiger partial charge < -0.3 is 15.2 Å². The molecule has 1 atom stereocenters. The van der Waals surface area contributed by atoms with E-state index in [2.05, 4.69) is 5.32 Å². The van der Waals surface area contributed by atoms with E-state index in [1.807, 2.05) is 75.4 Å². The second kappa shape index (κ2) is 11.7. The SMILES string of the molecule is Cc1ccccc1CC(=O)N1c2cccc(O)c2NC2=C(C1c1ccc(OCc3ccccc3)cc1F)S(=O)(=O)CC(C)(C)C2. The number of nitrogens with one attached hydrogen (secondary N) is 1. The van der Waals surface area contributed by atoms with Crippen LogP contribution in [0.5, 0.6) is 11.5 Å². The van der Waals surface area contributed by atoms with Gasteiger partial charge in [-0.1, -0.05) is 74.5 Å². The number of aromatic hydroxyl groups is 1. The van der Waals surface area contributed by atoms with Crippen LogP contribution < -0.4 is 15.0 Å². The molecule has 6 rings (SSSR count). The van der Waals surface area contributed by atoms with Crippen molar-refractivity contribution in [2.45, 2.75) is 46.3 Å². The molecular formula is C36H35FN2O5S. The van der Waals surface area contributed by atoms with Gasteiger partial charge in [-0.2, -0.15) is 0 Å². The maximum Gasteiger partial charge on any atom is 0.232 e. The Morgan fingerprint density at radius 2 is 1.76 bits per heavy atom. The summed E-state index contributed by atoms with van der Waals surface area (Å²) in [6.45, 7) is 5.82. The van der Waals surface area contributed by atoms with Crippen LogP contribution in [0.1, 0.15) is 48.6 Å². The monoisotopic (exact) mass is 626 g/mol. The van der Waals surface area contributed by atoms with Crippen LogP contribution in [0.15, 0.2) is 102 Å². The minimum Gasteiger partial charge on any atom is -0.506 e. The van der Waals surface area contributed by atoms with E-state index in [-0.39, 0.29) is 52.1 Å². The number of rotatable bonds is 6. The molecule has 2 N–H and O–H groups in total. The van der Waals surface area contributed by atoms with Crippen molar-refractivity contribution in [2.75, 3.05) is 16.0 Å². The van der Waals surface area contributed by atoms with Crippen LogP contribution in [0.2, 0.25) is 0 Å². The summed E-state index contributed by atoms with van der Waals surface area (Å²) in [4.78, 5) is 15.7. The molecule has 0 saturated carbocycles. The number of halogens is 1. The van der Waals surface area contributed by atoms with Crippen LogP contribution in [-0.4, -0.2) is 25.2 Å². The minimum absolute atomic E-state index is 0.00830. The molecule has 7 nitrogen and oxygen atoms in total. The van der Waals surface area contributed by atoms with Crippen LogP contribution in [0, 0.1) is 18.2 Å². The van der Waals surface area contributed by atoms with E-state index in [1.165, 1.54) is 23.1 Å². The lowest BCUT2D eigenvalue weighted by Gasteiger charge is -2.37. The molecule has 0 aliphatic carbocycles. The summed E-state index contributed by atoms with van der Waals surface area (Å²) in [5, 5.41) is 14.2. The number of anilines is 2. The molecule has 1 amide bonds. The van der Waals surface area contributed by atoms with E-state index < -0.39 is 33.0 Å². The molecule has 0 radical (unpaired) electrons. The zero-order valence-corrected chi connectivity index (χ0v) is 26.2. The largest absolute Gasteiger partial charge is 0.506 e. The molecule has 45 heavy (non-hydrogen) atoms. The third kappa shape index (κ3) is 6.04. The lowest BCUT2D eigenvalue weighted by molar-refractivity contribution is -0.118. The van der Waals surface area contributed by atoms with Crippen molar-refractivity contribution in [1.29, 1.82) is 0 Å². The zero-order valence-electron chi connectivity index (χ0n) is 25.4. The number of allylic oxidation sites excluding steroid dienone is 1. The summed E-state index contributed by atoms with van der Waals surface area (Å²) >= 11 is 0. The summed E-state index contributed by atoms with van der Waals surface area (Å²) in [6, 6.07) is 24.6. The van der Waals surface area contributed by atoms with Crippen LogP contribution in [0.4, 0.5) is 15.8 Å². The van der Waals surface area contributed by atoms with E-state index in [0.717, 1.165) is 16.7 Å². The molecular weight excluding hydrogens is 591 g/mol. The van der Waals surface area contributed by atoms with Gasteiger partial charge in [-0.05, 0) is 59.7 Å². The molecule has 4 aromatic carbocycles. The fourth-order valence-electron chi connectivity index (χ4n) is 6.28. The van der Waals surface area contributed by atoms with Crippen LogP contribution in [-0.2, 0) is 27.7 Å². The lowest BCUT2D eigenvalue weighted by atomic mass is 9.88. The quantitative estimate of drug-likeness (QED) is 0.220. The summed E-state index contributed by atoms with van der Waals surface area (Å²) in [5.74, 6) is -1.22. The number of para-hydroxylation sites is 1. The number of benzene rings is 4.